The Morgan fingerprint density at radius 2 is 2.27 bits per heavy atom. The third-order valence-corrected chi connectivity index (χ3v) is 3.86. The van der Waals surface area contributed by atoms with E-state index in [2.05, 4.69) is 10.5 Å². The van der Waals surface area contributed by atoms with Crippen LogP contribution in [-0.4, -0.2) is 16.1 Å². The second kappa shape index (κ2) is 6.48. The van der Waals surface area contributed by atoms with Gasteiger partial charge in [-0.15, -0.1) is 11.3 Å². The average molecular weight is 317 g/mol. The molecule has 22 heavy (non-hydrogen) atoms. The molecule has 0 aliphatic rings. The lowest BCUT2D eigenvalue weighted by molar-refractivity contribution is 0.201. The number of rotatable bonds is 5. The van der Waals surface area contributed by atoms with Gasteiger partial charge in [-0.05, 0) is 30.5 Å². The summed E-state index contributed by atoms with van der Waals surface area (Å²) in [7, 11) is 0. The smallest absolute Gasteiger partial charge is 0.323 e. The van der Waals surface area contributed by atoms with Gasteiger partial charge in [0.2, 0.25) is 0 Å². The Balaban J connectivity index is 1.72. The van der Waals surface area contributed by atoms with E-state index in [4.69, 9.17) is 8.94 Å². The zero-order chi connectivity index (χ0) is 15.4. The number of aryl methyl sites for hydroxylation is 1. The van der Waals surface area contributed by atoms with Gasteiger partial charge < -0.3 is 13.8 Å². The molecule has 0 atom stereocenters. The standard InChI is InChI=1S/C15H15N3O3S/c1-11-8-14(17-21-11)16-15(19)18(9-12-4-2-6-20-12)10-13-5-3-7-22-13/h2-8H,9-10H2,1H3,(H,16,17,19). The lowest BCUT2D eigenvalue weighted by Crippen LogP contribution is -2.33. The lowest BCUT2D eigenvalue weighted by atomic mass is 10.3. The van der Waals surface area contributed by atoms with Crippen molar-refractivity contribution in [2.24, 2.45) is 0 Å². The summed E-state index contributed by atoms with van der Waals surface area (Å²) < 4.78 is 10.3. The highest BCUT2D eigenvalue weighted by Gasteiger charge is 2.17. The number of carbonyl (C=O) groups is 1. The summed E-state index contributed by atoms with van der Waals surface area (Å²) in [6, 6.07) is 9.02. The number of carbonyl (C=O) groups excluding carboxylic acids is 1. The van der Waals surface area contributed by atoms with E-state index >= 15 is 0 Å². The summed E-state index contributed by atoms with van der Waals surface area (Å²) in [5.41, 5.74) is 0. The van der Waals surface area contributed by atoms with Crippen molar-refractivity contribution >= 4 is 23.2 Å². The summed E-state index contributed by atoms with van der Waals surface area (Å²) in [6.45, 7) is 2.66. The third-order valence-electron chi connectivity index (χ3n) is 3.00. The first-order valence-electron chi connectivity index (χ1n) is 6.75. The minimum atomic E-state index is -0.252. The van der Waals surface area contributed by atoms with Crippen LogP contribution in [0.25, 0.3) is 0 Å². The van der Waals surface area contributed by atoms with Crippen LogP contribution in [0.4, 0.5) is 10.6 Å². The molecule has 3 rings (SSSR count). The molecule has 0 aromatic carbocycles. The minimum Gasteiger partial charge on any atom is -0.467 e. The molecule has 0 spiro atoms. The molecule has 0 saturated heterocycles. The van der Waals surface area contributed by atoms with Crippen molar-refractivity contribution in [3.63, 3.8) is 0 Å². The average Bonchev–Trinajstić information content (AvgIpc) is 3.21. The fraction of sp³-hybridized carbons (Fsp3) is 0.200. The Morgan fingerprint density at radius 1 is 1.36 bits per heavy atom. The van der Waals surface area contributed by atoms with Crippen LogP contribution < -0.4 is 5.32 Å². The normalized spacial score (nSPS) is 10.6. The first kappa shape index (κ1) is 14.4. The van der Waals surface area contributed by atoms with E-state index in [1.165, 1.54) is 0 Å². The number of anilines is 1. The van der Waals surface area contributed by atoms with Gasteiger partial charge in [0.05, 0.1) is 19.4 Å². The minimum absolute atomic E-state index is 0.252. The number of thiophene rings is 1. The Bertz CT molecular complexity index is 683. The van der Waals surface area contributed by atoms with E-state index in [1.807, 2.05) is 23.6 Å². The Labute approximate surface area is 131 Å². The number of amides is 2. The molecule has 3 heterocycles. The fourth-order valence-electron chi connectivity index (χ4n) is 1.99. The molecule has 6 nitrogen and oxygen atoms in total. The Morgan fingerprint density at radius 3 is 2.91 bits per heavy atom. The molecule has 0 bridgehead atoms. The summed E-state index contributed by atoms with van der Waals surface area (Å²) >= 11 is 1.61. The number of aromatic nitrogens is 1. The predicted octanol–water partition coefficient (Wildman–Crippen LogP) is 3.87. The molecule has 3 aromatic heterocycles. The SMILES string of the molecule is Cc1cc(NC(=O)N(Cc2ccco2)Cc2cccs2)no1. The van der Waals surface area contributed by atoms with Crippen LogP contribution in [0.3, 0.4) is 0 Å². The maximum absolute atomic E-state index is 12.5. The van der Waals surface area contributed by atoms with Crippen molar-refractivity contribution < 1.29 is 13.7 Å². The van der Waals surface area contributed by atoms with E-state index in [1.54, 1.807) is 41.6 Å². The predicted molar refractivity (Wildman–Crippen MR) is 82.5 cm³/mol. The molecule has 0 aliphatic heterocycles. The van der Waals surface area contributed by atoms with E-state index in [9.17, 15) is 4.79 Å². The van der Waals surface area contributed by atoms with E-state index < -0.39 is 0 Å². The number of hydrogen-bond donors (Lipinski definition) is 1. The summed E-state index contributed by atoms with van der Waals surface area (Å²) in [6.07, 6.45) is 1.59. The maximum atomic E-state index is 12.5. The topological polar surface area (TPSA) is 71.5 Å². The largest absolute Gasteiger partial charge is 0.467 e. The molecule has 1 N–H and O–H groups in total. The maximum Gasteiger partial charge on any atom is 0.323 e. The first-order valence-corrected chi connectivity index (χ1v) is 7.62. The quantitative estimate of drug-likeness (QED) is 0.775. The van der Waals surface area contributed by atoms with Crippen molar-refractivity contribution in [3.05, 3.63) is 58.4 Å². The van der Waals surface area contributed by atoms with E-state index in [0.29, 0.717) is 24.7 Å². The van der Waals surface area contributed by atoms with Gasteiger partial charge in [0, 0.05) is 10.9 Å². The van der Waals surface area contributed by atoms with Crippen molar-refractivity contribution in [2.75, 3.05) is 5.32 Å². The van der Waals surface area contributed by atoms with E-state index in [0.717, 1.165) is 10.6 Å². The molecule has 114 valence electrons. The molecule has 7 heteroatoms. The monoisotopic (exact) mass is 317 g/mol. The van der Waals surface area contributed by atoms with Crippen LogP contribution in [0.1, 0.15) is 16.4 Å². The Hall–Kier alpha value is -2.54. The van der Waals surface area contributed by atoms with Crippen molar-refractivity contribution in [1.82, 2.24) is 10.1 Å². The highest BCUT2D eigenvalue weighted by atomic mass is 32.1. The number of hydrogen-bond acceptors (Lipinski definition) is 5. The molecule has 0 radical (unpaired) electrons. The number of furan rings is 1. The molecular weight excluding hydrogens is 302 g/mol. The van der Waals surface area contributed by atoms with Gasteiger partial charge in [-0.25, -0.2) is 4.79 Å². The van der Waals surface area contributed by atoms with Crippen molar-refractivity contribution in [3.8, 4) is 0 Å². The second-order valence-electron chi connectivity index (χ2n) is 4.77. The number of urea groups is 1. The van der Waals surface area contributed by atoms with Crippen molar-refractivity contribution in [1.29, 1.82) is 0 Å². The summed E-state index contributed by atoms with van der Waals surface area (Å²) in [4.78, 5) is 15.2. The van der Waals surface area contributed by atoms with Gasteiger partial charge in [-0.3, -0.25) is 5.32 Å². The van der Waals surface area contributed by atoms with Crippen LogP contribution in [0.2, 0.25) is 0 Å². The molecule has 3 aromatic rings. The third kappa shape index (κ3) is 3.56. The van der Waals surface area contributed by atoms with Crippen molar-refractivity contribution in [2.45, 2.75) is 20.0 Å². The fourth-order valence-corrected chi connectivity index (χ4v) is 2.71. The number of nitrogens with one attached hydrogen (secondary N) is 1. The van der Waals surface area contributed by atoms with Gasteiger partial charge in [-0.1, -0.05) is 11.2 Å². The van der Waals surface area contributed by atoms with Crippen LogP contribution >= 0.6 is 11.3 Å². The highest BCUT2D eigenvalue weighted by molar-refractivity contribution is 7.09. The molecular formula is C15H15N3O3S. The summed E-state index contributed by atoms with van der Waals surface area (Å²) in [5.74, 6) is 1.77. The van der Waals surface area contributed by atoms with Gasteiger partial charge in [0.25, 0.3) is 0 Å². The van der Waals surface area contributed by atoms with Crippen LogP contribution in [-0.2, 0) is 13.1 Å². The zero-order valence-electron chi connectivity index (χ0n) is 12.0. The molecule has 0 unspecified atom stereocenters. The first-order chi connectivity index (χ1) is 10.7. The Kier molecular flexibility index (Phi) is 4.24. The molecule has 0 saturated carbocycles. The van der Waals surface area contributed by atoms with E-state index in [-0.39, 0.29) is 6.03 Å². The lowest BCUT2D eigenvalue weighted by Gasteiger charge is -2.20. The molecule has 0 aliphatic carbocycles. The molecule has 2 amide bonds. The highest BCUT2D eigenvalue weighted by Crippen LogP contribution is 2.16. The van der Waals surface area contributed by atoms with Crippen LogP contribution in [0, 0.1) is 6.92 Å². The van der Waals surface area contributed by atoms with Gasteiger partial charge >= 0.3 is 6.03 Å². The van der Waals surface area contributed by atoms with Crippen LogP contribution in [0.15, 0.2) is 50.9 Å². The van der Waals surface area contributed by atoms with Gasteiger partial charge in [0.1, 0.15) is 11.5 Å². The number of nitrogens with zero attached hydrogens (tertiary/aromatic N) is 2. The second-order valence-corrected chi connectivity index (χ2v) is 5.80. The van der Waals surface area contributed by atoms with Gasteiger partial charge in [-0.2, -0.15) is 0 Å². The molecule has 0 fully saturated rings. The van der Waals surface area contributed by atoms with Crippen LogP contribution in [0.5, 0.6) is 0 Å². The zero-order valence-corrected chi connectivity index (χ0v) is 12.8. The van der Waals surface area contributed by atoms with Gasteiger partial charge in [0.15, 0.2) is 5.82 Å². The summed E-state index contributed by atoms with van der Waals surface area (Å²) in [5, 5.41) is 8.50.